The predicted molar refractivity (Wildman–Crippen MR) is 53.1 cm³/mol. The number of rotatable bonds is 3. The number of hydrogen-bond donors (Lipinski definition) is 0. The van der Waals surface area contributed by atoms with Crippen molar-refractivity contribution in [2.45, 2.75) is 0 Å². The molecule has 0 spiro atoms. The molecule has 5 heteroatoms. The second kappa shape index (κ2) is 4.67. The Labute approximate surface area is 85.4 Å². The minimum absolute atomic E-state index is 0.169. The number of nitro groups is 1. The number of carbonyl (C=O) groups excluding carboxylic acids is 1. The van der Waals surface area contributed by atoms with Crippen LogP contribution in [0.4, 0.5) is 5.69 Å². The summed E-state index contributed by atoms with van der Waals surface area (Å²) in [6.45, 7) is 0. The molecule has 0 saturated carbocycles. The minimum Gasteiger partial charge on any atom is -0.298 e. The fourth-order valence-corrected chi connectivity index (χ4v) is 1.06. The molecule has 1 rings (SSSR count). The Kier molecular flexibility index (Phi) is 3.30. The molecule has 74 valence electrons. The van der Waals surface area contributed by atoms with E-state index in [9.17, 15) is 14.9 Å². The highest BCUT2D eigenvalue weighted by molar-refractivity contribution is 5.78. The number of non-ortho nitro benzene ring substituents is 1. The van der Waals surface area contributed by atoms with Crippen molar-refractivity contribution in [2.24, 2.45) is 0 Å². The van der Waals surface area contributed by atoms with Crippen LogP contribution in [-0.4, -0.2) is 11.2 Å². The smallest absolute Gasteiger partial charge is 0.270 e. The van der Waals surface area contributed by atoms with Gasteiger partial charge < -0.3 is 0 Å². The summed E-state index contributed by atoms with van der Waals surface area (Å²) in [5, 5.41) is 18.8. The highest BCUT2D eigenvalue weighted by atomic mass is 16.6. The lowest BCUT2D eigenvalue weighted by Gasteiger charge is -1.96. The van der Waals surface area contributed by atoms with Gasteiger partial charge in [0.05, 0.1) is 11.0 Å². The topological polar surface area (TPSA) is 84.0 Å². The fourth-order valence-electron chi connectivity index (χ4n) is 1.06. The number of benzene rings is 1. The van der Waals surface area contributed by atoms with Crippen molar-refractivity contribution in [1.29, 1.82) is 5.26 Å². The van der Waals surface area contributed by atoms with Crippen LogP contribution in [0.1, 0.15) is 15.9 Å². The van der Waals surface area contributed by atoms with E-state index < -0.39 is 4.92 Å². The molecule has 1 aromatic rings. The Hall–Kier alpha value is -2.48. The predicted octanol–water partition coefficient (Wildman–Crippen LogP) is 1.94. The van der Waals surface area contributed by atoms with E-state index in [0.29, 0.717) is 11.8 Å². The van der Waals surface area contributed by atoms with Crippen molar-refractivity contribution < 1.29 is 9.72 Å². The molecule has 0 radical (unpaired) electrons. The molecule has 15 heavy (non-hydrogen) atoms. The van der Waals surface area contributed by atoms with Crippen LogP contribution in [0, 0.1) is 21.4 Å². The second-order valence-electron chi connectivity index (χ2n) is 2.70. The standard InChI is InChI=1S/C10H6N2O3/c11-3-1-2-8-4-9(7-13)6-10(5-8)12(14)15/h1-2,4-7H. The molecule has 0 saturated heterocycles. The summed E-state index contributed by atoms with van der Waals surface area (Å²) < 4.78 is 0. The Bertz CT molecular complexity index is 472. The summed E-state index contributed by atoms with van der Waals surface area (Å²) in [7, 11) is 0. The van der Waals surface area contributed by atoms with Crippen molar-refractivity contribution in [3.63, 3.8) is 0 Å². The third kappa shape index (κ3) is 2.74. The second-order valence-corrected chi connectivity index (χ2v) is 2.70. The van der Waals surface area contributed by atoms with Crippen LogP contribution < -0.4 is 0 Å². The molecule has 0 aliphatic rings. The summed E-state index contributed by atoms with van der Waals surface area (Å²) in [5.41, 5.74) is 0.492. The number of hydrogen-bond acceptors (Lipinski definition) is 4. The van der Waals surface area contributed by atoms with Gasteiger partial charge in [-0.3, -0.25) is 14.9 Å². The van der Waals surface area contributed by atoms with Crippen molar-refractivity contribution in [1.82, 2.24) is 0 Å². The van der Waals surface area contributed by atoms with Crippen LogP contribution in [0.5, 0.6) is 0 Å². The van der Waals surface area contributed by atoms with Gasteiger partial charge in [0.15, 0.2) is 0 Å². The van der Waals surface area contributed by atoms with E-state index >= 15 is 0 Å². The maximum atomic E-state index is 10.5. The number of carbonyl (C=O) groups is 1. The summed E-state index contributed by atoms with van der Waals surface area (Å²) in [6.07, 6.45) is 3.12. The number of nitrogens with zero attached hydrogens (tertiary/aromatic N) is 2. The van der Waals surface area contributed by atoms with E-state index in [1.807, 2.05) is 0 Å². The Morgan fingerprint density at radius 3 is 2.53 bits per heavy atom. The van der Waals surface area contributed by atoms with Crippen LogP contribution >= 0.6 is 0 Å². The molecule has 0 fully saturated rings. The first-order valence-corrected chi connectivity index (χ1v) is 3.98. The average molecular weight is 202 g/mol. The highest BCUT2D eigenvalue weighted by Gasteiger charge is 2.07. The summed E-state index contributed by atoms with van der Waals surface area (Å²) in [5.74, 6) is 0. The van der Waals surface area contributed by atoms with E-state index in [0.717, 1.165) is 0 Å². The Morgan fingerprint density at radius 1 is 1.33 bits per heavy atom. The number of nitriles is 1. The molecule has 0 bridgehead atoms. The van der Waals surface area contributed by atoms with E-state index in [1.165, 1.54) is 30.4 Å². The quantitative estimate of drug-likeness (QED) is 0.324. The van der Waals surface area contributed by atoms with Gasteiger partial charge in [0.1, 0.15) is 6.29 Å². The summed E-state index contributed by atoms with van der Waals surface area (Å²) in [6, 6.07) is 5.70. The minimum atomic E-state index is -0.587. The SMILES string of the molecule is N#CC=Cc1cc(C=O)cc([N+](=O)[O-])c1. The van der Waals surface area contributed by atoms with Gasteiger partial charge in [0, 0.05) is 23.8 Å². The van der Waals surface area contributed by atoms with E-state index in [4.69, 9.17) is 5.26 Å². The fraction of sp³-hybridized carbons (Fsp3) is 0. The first-order valence-electron chi connectivity index (χ1n) is 3.98. The van der Waals surface area contributed by atoms with Gasteiger partial charge in [-0.15, -0.1) is 0 Å². The molecule has 0 unspecified atom stereocenters. The molecule has 0 aliphatic carbocycles. The lowest BCUT2D eigenvalue weighted by atomic mass is 10.1. The van der Waals surface area contributed by atoms with Crippen molar-refractivity contribution in [3.8, 4) is 6.07 Å². The number of aldehydes is 1. The van der Waals surface area contributed by atoms with Crippen molar-refractivity contribution >= 4 is 18.0 Å². The normalized spacial score (nSPS) is 9.80. The molecule has 0 heterocycles. The molecular weight excluding hydrogens is 196 g/mol. The van der Waals surface area contributed by atoms with Crippen LogP contribution in [-0.2, 0) is 0 Å². The van der Waals surface area contributed by atoms with Crippen molar-refractivity contribution in [2.75, 3.05) is 0 Å². The summed E-state index contributed by atoms with van der Waals surface area (Å²) in [4.78, 5) is 20.4. The molecule has 0 N–H and O–H groups in total. The third-order valence-corrected chi connectivity index (χ3v) is 1.66. The van der Waals surface area contributed by atoms with Gasteiger partial charge in [-0.1, -0.05) is 0 Å². The van der Waals surface area contributed by atoms with E-state index in [1.54, 1.807) is 6.07 Å². The van der Waals surface area contributed by atoms with E-state index in [2.05, 4.69) is 0 Å². The number of nitro benzene ring substituents is 1. The van der Waals surface area contributed by atoms with Crippen molar-refractivity contribution in [3.05, 3.63) is 45.5 Å². The lowest BCUT2D eigenvalue weighted by molar-refractivity contribution is -0.384. The van der Waals surface area contributed by atoms with E-state index in [-0.39, 0.29) is 11.3 Å². The molecule has 1 aromatic carbocycles. The first kappa shape index (κ1) is 10.6. The van der Waals surface area contributed by atoms with Crippen LogP contribution in [0.3, 0.4) is 0 Å². The summed E-state index contributed by atoms with van der Waals surface area (Å²) >= 11 is 0. The first-order chi connectivity index (χ1) is 7.17. The van der Waals surface area contributed by atoms with Gasteiger partial charge >= 0.3 is 0 Å². The Balaban J connectivity index is 3.24. The average Bonchev–Trinajstić information content (AvgIpc) is 2.25. The van der Waals surface area contributed by atoms with Crippen LogP contribution in [0.2, 0.25) is 0 Å². The zero-order valence-corrected chi connectivity index (χ0v) is 7.58. The van der Waals surface area contributed by atoms with Gasteiger partial charge in [-0.05, 0) is 17.7 Å². The lowest BCUT2D eigenvalue weighted by Crippen LogP contribution is -1.91. The molecule has 0 atom stereocenters. The maximum absolute atomic E-state index is 10.5. The highest BCUT2D eigenvalue weighted by Crippen LogP contribution is 2.17. The van der Waals surface area contributed by atoms with Crippen LogP contribution in [0.25, 0.3) is 6.08 Å². The van der Waals surface area contributed by atoms with Gasteiger partial charge in [-0.25, -0.2) is 0 Å². The molecule has 0 aliphatic heterocycles. The molecule has 0 amide bonds. The molecule has 5 nitrogen and oxygen atoms in total. The zero-order chi connectivity index (χ0) is 11.3. The van der Waals surface area contributed by atoms with Gasteiger partial charge in [-0.2, -0.15) is 5.26 Å². The van der Waals surface area contributed by atoms with Gasteiger partial charge in [0.25, 0.3) is 5.69 Å². The zero-order valence-electron chi connectivity index (χ0n) is 7.58. The third-order valence-electron chi connectivity index (χ3n) is 1.66. The van der Waals surface area contributed by atoms with Crippen LogP contribution in [0.15, 0.2) is 24.3 Å². The largest absolute Gasteiger partial charge is 0.298 e. The monoisotopic (exact) mass is 202 g/mol. The molecule has 0 aromatic heterocycles. The van der Waals surface area contributed by atoms with Gasteiger partial charge in [0.2, 0.25) is 0 Å². The number of allylic oxidation sites excluding steroid dienone is 1. The molecular formula is C10H6N2O3. The maximum Gasteiger partial charge on any atom is 0.270 e. The Morgan fingerprint density at radius 2 is 2.00 bits per heavy atom.